The predicted molar refractivity (Wildman–Crippen MR) is 45.1 cm³/mol. The molecule has 9 nitrogen and oxygen atoms in total. The molecule has 13 heavy (non-hydrogen) atoms. The molecule has 0 aromatic rings. The Bertz CT molecular complexity index is 193. The van der Waals surface area contributed by atoms with Crippen molar-refractivity contribution >= 4 is 24.9 Å². The number of rotatable bonds is 3. The summed E-state index contributed by atoms with van der Waals surface area (Å²) in [6, 6.07) is 0. The van der Waals surface area contributed by atoms with E-state index in [1.807, 2.05) is 0 Å². The molecule has 9 N–H and O–H groups in total. The van der Waals surface area contributed by atoms with Gasteiger partial charge in [-0.15, -0.1) is 0 Å². The maximum absolute atomic E-state index is 10.9. The summed E-state index contributed by atoms with van der Waals surface area (Å²) in [5.41, 5.74) is 2.13. The average Bonchev–Trinajstić information content (AvgIpc) is 2.16. The van der Waals surface area contributed by atoms with Crippen LogP contribution in [0.25, 0.3) is 0 Å². The predicted octanol–water partition coefficient (Wildman–Crippen LogP) is -1.78. The molecule has 0 aromatic carbocycles. The van der Waals surface area contributed by atoms with E-state index in [0.717, 1.165) is 0 Å². The Balaban J connectivity index is 4.64. The number of carbonyl (C=O) groups excluding carboxylic acids is 3. The van der Waals surface area contributed by atoms with Gasteiger partial charge in [-0.25, -0.2) is 17.5 Å². The third-order valence-corrected chi connectivity index (χ3v) is 2.59. The van der Waals surface area contributed by atoms with Gasteiger partial charge in [0, 0.05) is 0 Å². The Morgan fingerprint density at radius 1 is 0.769 bits per heavy atom. The Labute approximate surface area is 74.0 Å². The minimum Gasteiger partial charge on any atom is -0.290 e. The van der Waals surface area contributed by atoms with Gasteiger partial charge >= 0.3 is 0 Å². The van der Waals surface area contributed by atoms with Crippen LogP contribution in [0.5, 0.6) is 0 Å². The van der Waals surface area contributed by atoms with Gasteiger partial charge in [-0.1, -0.05) is 0 Å². The van der Waals surface area contributed by atoms with Gasteiger partial charge in [-0.3, -0.25) is 30.7 Å². The molecule has 0 aromatic heterocycles. The Morgan fingerprint density at radius 2 is 1.00 bits per heavy atom. The monoisotopic (exact) mass is 208 g/mol. The lowest BCUT2D eigenvalue weighted by molar-refractivity contribution is 0.252. The molecule has 0 radical (unpaired) electrons. The largest absolute Gasteiger partial charge is 0.290 e. The van der Waals surface area contributed by atoms with E-state index in [2.05, 4.69) is 0 Å². The fraction of sp³-hybridized carbons (Fsp3) is 0. The van der Waals surface area contributed by atoms with Crippen molar-refractivity contribution in [3.8, 4) is 0 Å². The number of nitrogens with two attached hydrogens (primary N) is 3. The number of hydrazine groups is 3. The van der Waals surface area contributed by atoms with Crippen LogP contribution >= 0.6 is 7.92 Å². The summed E-state index contributed by atoms with van der Waals surface area (Å²) in [4.78, 5) is 32.6. The molecule has 0 unspecified atom stereocenters. The Hall–Kier alpha value is -1.28. The molecule has 3 amide bonds. The molecule has 0 rings (SSSR count). The van der Waals surface area contributed by atoms with Crippen LogP contribution in [0.1, 0.15) is 0 Å². The normalized spacial score (nSPS) is 9.23. The van der Waals surface area contributed by atoms with Crippen LogP contribution < -0.4 is 33.8 Å². The van der Waals surface area contributed by atoms with E-state index in [0.29, 0.717) is 0 Å². The van der Waals surface area contributed by atoms with E-state index in [1.165, 1.54) is 0 Å². The topological polar surface area (TPSA) is 165 Å². The van der Waals surface area contributed by atoms with Gasteiger partial charge in [0.1, 0.15) is 0 Å². The fourth-order valence-electron chi connectivity index (χ4n) is 0.470. The molecule has 0 spiro atoms. The second kappa shape index (κ2) is 5.38. The maximum atomic E-state index is 10.9. The SMILES string of the molecule is NNC(=O)P(C(=O)NN)C(=O)NN. The highest BCUT2D eigenvalue weighted by atomic mass is 31.1. The van der Waals surface area contributed by atoms with Crippen molar-refractivity contribution in [3.05, 3.63) is 0 Å². The zero-order chi connectivity index (χ0) is 10.4. The summed E-state index contributed by atoms with van der Waals surface area (Å²) >= 11 is 0. The van der Waals surface area contributed by atoms with Crippen LogP contribution in [0.15, 0.2) is 0 Å². The zero-order valence-corrected chi connectivity index (χ0v) is 7.30. The van der Waals surface area contributed by atoms with Crippen LogP contribution in [0.2, 0.25) is 0 Å². The standard InChI is InChI=1S/C3H9N6O3P/c4-7-1(10)13(2(11)8-5)3(12)9-6/h4-6H2,(H,7,10)(H,8,11)(H,9,12). The van der Waals surface area contributed by atoms with Crippen molar-refractivity contribution in [1.29, 1.82) is 0 Å². The van der Waals surface area contributed by atoms with Gasteiger partial charge in [-0.05, 0) is 0 Å². The van der Waals surface area contributed by atoms with Crippen LogP contribution in [-0.2, 0) is 0 Å². The van der Waals surface area contributed by atoms with Crippen molar-refractivity contribution in [2.45, 2.75) is 0 Å². The third-order valence-electron chi connectivity index (χ3n) is 0.980. The maximum Gasteiger partial charge on any atom is 0.274 e. The molecule has 0 fully saturated rings. The number of hydrogen-bond donors (Lipinski definition) is 6. The molecule has 0 aliphatic rings. The minimum absolute atomic E-state index is 0.944. The van der Waals surface area contributed by atoms with E-state index >= 15 is 0 Å². The van der Waals surface area contributed by atoms with E-state index < -0.39 is 24.9 Å². The molecular formula is C3H9N6O3P. The first-order valence-electron chi connectivity index (χ1n) is 2.90. The van der Waals surface area contributed by atoms with Gasteiger partial charge in [-0.2, -0.15) is 0 Å². The van der Waals surface area contributed by atoms with Crippen molar-refractivity contribution in [1.82, 2.24) is 16.3 Å². The van der Waals surface area contributed by atoms with E-state index in [-0.39, 0.29) is 0 Å². The highest BCUT2D eigenvalue weighted by molar-refractivity contribution is 8.01. The summed E-state index contributed by atoms with van der Waals surface area (Å²) in [6.45, 7) is 0. The third kappa shape index (κ3) is 2.92. The number of hydrogen-bond acceptors (Lipinski definition) is 6. The van der Waals surface area contributed by atoms with Crippen molar-refractivity contribution in [2.75, 3.05) is 0 Å². The summed E-state index contributed by atoms with van der Waals surface area (Å²) in [7, 11) is -2.37. The van der Waals surface area contributed by atoms with Gasteiger partial charge < -0.3 is 0 Å². The van der Waals surface area contributed by atoms with Crippen molar-refractivity contribution in [2.24, 2.45) is 17.5 Å². The lowest BCUT2D eigenvalue weighted by Crippen LogP contribution is -2.40. The van der Waals surface area contributed by atoms with Gasteiger partial charge in [0.15, 0.2) is 7.92 Å². The molecule has 0 saturated carbocycles. The molecule has 0 bridgehead atoms. The van der Waals surface area contributed by atoms with Crippen molar-refractivity contribution in [3.63, 3.8) is 0 Å². The number of amides is 3. The quantitative estimate of drug-likeness (QED) is 0.139. The summed E-state index contributed by atoms with van der Waals surface area (Å²) in [6.07, 6.45) is 0. The van der Waals surface area contributed by atoms with Crippen LogP contribution in [0, 0.1) is 0 Å². The lowest BCUT2D eigenvalue weighted by Gasteiger charge is -2.10. The Kier molecular flexibility index (Phi) is 4.85. The molecule has 0 atom stereocenters. The fourth-order valence-corrected chi connectivity index (χ4v) is 1.41. The first-order valence-corrected chi connectivity index (χ1v) is 4.24. The van der Waals surface area contributed by atoms with Gasteiger partial charge in [0.05, 0.1) is 0 Å². The van der Waals surface area contributed by atoms with E-state index in [1.54, 1.807) is 16.3 Å². The molecule has 0 aliphatic heterocycles. The minimum atomic E-state index is -2.37. The second-order valence-electron chi connectivity index (χ2n) is 1.68. The molecule has 74 valence electrons. The first-order chi connectivity index (χ1) is 6.08. The van der Waals surface area contributed by atoms with E-state index in [9.17, 15) is 14.4 Å². The summed E-state index contributed by atoms with van der Waals surface area (Å²) < 4.78 is 0. The smallest absolute Gasteiger partial charge is 0.274 e. The molecule has 0 saturated heterocycles. The zero-order valence-electron chi connectivity index (χ0n) is 6.40. The molecule has 0 heterocycles. The summed E-state index contributed by atoms with van der Waals surface area (Å²) in [5.74, 6) is 14.2. The van der Waals surface area contributed by atoms with Crippen LogP contribution in [0.3, 0.4) is 0 Å². The van der Waals surface area contributed by atoms with Crippen LogP contribution in [0.4, 0.5) is 14.4 Å². The Morgan fingerprint density at radius 3 is 1.15 bits per heavy atom. The van der Waals surface area contributed by atoms with Gasteiger partial charge in [0.2, 0.25) is 0 Å². The molecule has 0 aliphatic carbocycles. The summed E-state index contributed by atoms with van der Waals surface area (Å²) in [5, 5.41) is 0. The molecular weight excluding hydrogens is 199 g/mol. The number of nitrogens with one attached hydrogen (secondary N) is 3. The lowest BCUT2D eigenvalue weighted by atomic mass is 11.3. The molecule has 10 heteroatoms. The van der Waals surface area contributed by atoms with Crippen LogP contribution in [-0.4, -0.2) is 16.9 Å². The first kappa shape index (κ1) is 11.7. The average molecular weight is 208 g/mol. The van der Waals surface area contributed by atoms with Crippen molar-refractivity contribution < 1.29 is 14.4 Å². The second-order valence-corrected chi connectivity index (χ2v) is 3.57. The van der Waals surface area contributed by atoms with E-state index in [4.69, 9.17) is 17.5 Å². The highest BCUT2D eigenvalue weighted by Gasteiger charge is 2.32. The number of carbonyl (C=O) groups is 3. The highest BCUT2D eigenvalue weighted by Crippen LogP contribution is 2.36. The van der Waals surface area contributed by atoms with Gasteiger partial charge in [0.25, 0.3) is 16.9 Å².